The summed E-state index contributed by atoms with van der Waals surface area (Å²) >= 11 is 0. The van der Waals surface area contributed by atoms with E-state index in [9.17, 15) is 18.4 Å². The monoisotopic (exact) mass is 350 g/mol. The average molecular weight is 350 g/mol. The van der Waals surface area contributed by atoms with Gasteiger partial charge >= 0.3 is 0 Å². The molecule has 25 heavy (non-hydrogen) atoms. The van der Waals surface area contributed by atoms with Crippen molar-refractivity contribution in [3.8, 4) is 0 Å². The van der Waals surface area contributed by atoms with Gasteiger partial charge in [0, 0.05) is 25.7 Å². The lowest BCUT2D eigenvalue weighted by Crippen LogP contribution is -2.61. The molecule has 1 aromatic rings. The van der Waals surface area contributed by atoms with Crippen LogP contribution in [-0.4, -0.2) is 46.8 Å². The maximum Gasteiger partial charge on any atom is 0.248 e. The van der Waals surface area contributed by atoms with Crippen molar-refractivity contribution in [3.05, 3.63) is 35.4 Å². The molecule has 0 saturated carbocycles. The van der Waals surface area contributed by atoms with E-state index in [0.29, 0.717) is 31.5 Å². The molecule has 0 N–H and O–H groups in total. The minimum absolute atomic E-state index is 0.0388. The number of benzene rings is 1. The van der Waals surface area contributed by atoms with Crippen LogP contribution < -0.4 is 0 Å². The van der Waals surface area contributed by atoms with E-state index in [4.69, 9.17) is 0 Å². The highest BCUT2D eigenvalue weighted by Gasteiger charge is 2.52. The van der Waals surface area contributed by atoms with Crippen LogP contribution in [0.5, 0.6) is 0 Å². The van der Waals surface area contributed by atoms with Gasteiger partial charge < -0.3 is 9.80 Å². The van der Waals surface area contributed by atoms with Crippen LogP contribution in [0.2, 0.25) is 0 Å². The van der Waals surface area contributed by atoms with Crippen molar-refractivity contribution in [2.24, 2.45) is 0 Å². The lowest BCUT2D eigenvalue weighted by Gasteiger charge is -2.44. The van der Waals surface area contributed by atoms with E-state index >= 15 is 0 Å². The van der Waals surface area contributed by atoms with E-state index in [1.54, 1.807) is 4.90 Å². The van der Waals surface area contributed by atoms with Gasteiger partial charge in [-0.1, -0.05) is 6.92 Å². The van der Waals surface area contributed by atoms with Gasteiger partial charge in [0.1, 0.15) is 17.2 Å². The van der Waals surface area contributed by atoms with E-state index < -0.39 is 17.2 Å². The van der Waals surface area contributed by atoms with Gasteiger partial charge in [0.05, 0.1) is 6.42 Å². The predicted molar refractivity (Wildman–Crippen MR) is 89.8 cm³/mol. The maximum absolute atomic E-state index is 13.4. The number of piperidine rings is 1. The number of hydrogen-bond donors (Lipinski definition) is 0. The van der Waals surface area contributed by atoms with E-state index in [-0.39, 0.29) is 18.2 Å². The van der Waals surface area contributed by atoms with Crippen LogP contribution in [0.3, 0.4) is 0 Å². The molecule has 136 valence electrons. The fourth-order valence-electron chi connectivity index (χ4n) is 4.26. The van der Waals surface area contributed by atoms with E-state index in [2.05, 4.69) is 0 Å². The van der Waals surface area contributed by atoms with Crippen LogP contribution in [0.4, 0.5) is 8.78 Å². The second-order valence-corrected chi connectivity index (χ2v) is 7.03. The number of nitrogens with zero attached hydrogens (tertiary/aromatic N) is 2. The Bertz CT molecular complexity index is 657. The molecule has 2 heterocycles. The summed E-state index contributed by atoms with van der Waals surface area (Å²) < 4.78 is 26.8. The molecular weight excluding hydrogens is 326 g/mol. The molecule has 0 radical (unpaired) electrons. The first-order chi connectivity index (χ1) is 12.0. The highest BCUT2D eigenvalue weighted by Crippen LogP contribution is 2.38. The number of rotatable bonds is 4. The summed E-state index contributed by atoms with van der Waals surface area (Å²) in [6.45, 7) is 4.01. The highest BCUT2D eigenvalue weighted by molar-refractivity contribution is 5.93. The molecule has 2 fully saturated rings. The molecule has 0 bridgehead atoms. The summed E-state index contributed by atoms with van der Waals surface area (Å²) in [7, 11) is 0. The summed E-state index contributed by atoms with van der Waals surface area (Å²) in [5, 5.41) is 0. The number of carbonyl (C=O) groups excluding carboxylic acids is 2. The normalized spacial score (nSPS) is 23.6. The zero-order valence-corrected chi connectivity index (χ0v) is 14.6. The third kappa shape index (κ3) is 3.39. The van der Waals surface area contributed by atoms with Gasteiger partial charge in [0.25, 0.3) is 0 Å². The first kappa shape index (κ1) is 17.8. The second-order valence-electron chi connectivity index (χ2n) is 7.03. The number of likely N-dealkylation sites (tertiary alicyclic amines) is 2. The first-order valence-corrected chi connectivity index (χ1v) is 9.01. The molecule has 1 atom stereocenters. The number of hydrogen-bond acceptors (Lipinski definition) is 2. The minimum Gasteiger partial charge on any atom is -0.341 e. The largest absolute Gasteiger partial charge is 0.341 e. The third-order valence-electron chi connectivity index (χ3n) is 5.26. The van der Waals surface area contributed by atoms with Crippen LogP contribution in [0, 0.1) is 11.6 Å². The topological polar surface area (TPSA) is 40.6 Å². The summed E-state index contributed by atoms with van der Waals surface area (Å²) in [5.74, 6) is -1.57. The van der Waals surface area contributed by atoms with Gasteiger partial charge in [-0.15, -0.1) is 0 Å². The third-order valence-corrected chi connectivity index (χ3v) is 5.26. The Hall–Kier alpha value is -1.98. The van der Waals surface area contributed by atoms with Gasteiger partial charge in [-0.3, -0.25) is 9.59 Å². The van der Waals surface area contributed by atoms with Crippen LogP contribution in [0.1, 0.15) is 44.6 Å². The summed E-state index contributed by atoms with van der Waals surface area (Å²) in [5.41, 5.74) is -0.450. The van der Waals surface area contributed by atoms with Crippen LogP contribution >= 0.6 is 0 Å². The van der Waals surface area contributed by atoms with E-state index in [1.807, 2.05) is 11.8 Å². The van der Waals surface area contributed by atoms with Crippen molar-refractivity contribution in [2.75, 3.05) is 19.6 Å². The standard InChI is InChI=1S/C19H24F2N2O2/c1-2-7-22-8-3-5-19(18(22)25)6-4-9-23(19)17(24)12-14-10-15(20)13-16(21)11-14/h10-11,13H,2-9,12H2,1H3. The van der Waals surface area contributed by atoms with Crippen molar-refractivity contribution >= 4 is 11.8 Å². The maximum atomic E-state index is 13.4. The molecule has 1 unspecified atom stereocenters. The first-order valence-electron chi connectivity index (χ1n) is 9.01. The molecule has 6 heteroatoms. The van der Waals surface area contributed by atoms with E-state index in [1.165, 1.54) is 12.1 Å². The van der Waals surface area contributed by atoms with Crippen LogP contribution in [-0.2, 0) is 16.0 Å². The molecule has 4 nitrogen and oxygen atoms in total. The van der Waals surface area contributed by atoms with Gasteiger partial charge in [-0.2, -0.15) is 0 Å². The smallest absolute Gasteiger partial charge is 0.248 e. The summed E-state index contributed by atoms with van der Waals surface area (Å²) in [6.07, 6.45) is 3.82. The molecule has 2 aliphatic heterocycles. The zero-order valence-electron chi connectivity index (χ0n) is 14.6. The molecule has 1 aromatic carbocycles. The quantitative estimate of drug-likeness (QED) is 0.838. The fraction of sp³-hybridized carbons (Fsp3) is 0.579. The second kappa shape index (κ2) is 7.10. The van der Waals surface area contributed by atoms with Gasteiger partial charge in [-0.25, -0.2) is 8.78 Å². The number of amides is 2. The Morgan fingerprint density at radius 2 is 1.76 bits per heavy atom. The molecular formula is C19H24F2N2O2. The van der Waals surface area contributed by atoms with Gasteiger partial charge in [0.15, 0.2) is 0 Å². The molecule has 0 aromatic heterocycles. The van der Waals surface area contributed by atoms with Gasteiger partial charge in [-0.05, 0) is 49.8 Å². The summed E-state index contributed by atoms with van der Waals surface area (Å²) in [6, 6.07) is 3.14. The molecule has 3 rings (SSSR count). The Morgan fingerprint density at radius 3 is 2.40 bits per heavy atom. The molecule has 0 aliphatic carbocycles. The summed E-state index contributed by atoms with van der Waals surface area (Å²) in [4.78, 5) is 29.4. The van der Waals surface area contributed by atoms with Crippen LogP contribution in [0.15, 0.2) is 18.2 Å². The van der Waals surface area contributed by atoms with Crippen molar-refractivity contribution in [1.82, 2.24) is 9.80 Å². The van der Waals surface area contributed by atoms with Crippen molar-refractivity contribution < 1.29 is 18.4 Å². The van der Waals surface area contributed by atoms with Crippen molar-refractivity contribution in [3.63, 3.8) is 0 Å². The molecule has 2 amide bonds. The lowest BCUT2D eigenvalue weighted by atomic mass is 9.85. The number of carbonyl (C=O) groups is 2. The lowest BCUT2D eigenvalue weighted by molar-refractivity contribution is -0.155. The average Bonchev–Trinajstić information content (AvgIpc) is 2.96. The highest BCUT2D eigenvalue weighted by atomic mass is 19.1. The SMILES string of the molecule is CCCN1CCCC2(CCCN2C(=O)Cc2cc(F)cc(F)c2)C1=O. The zero-order chi connectivity index (χ0) is 18.0. The minimum atomic E-state index is -0.754. The Labute approximate surface area is 146 Å². The number of halogens is 2. The Balaban J connectivity index is 1.80. The fourth-order valence-corrected chi connectivity index (χ4v) is 4.26. The molecule has 2 saturated heterocycles. The Morgan fingerprint density at radius 1 is 1.12 bits per heavy atom. The van der Waals surface area contributed by atoms with Gasteiger partial charge in [0.2, 0.25) is 11.8 Å². The molecule has 1 spiro atoms. The van der Waals surface area contributed by atoms with Crippen LogP contribution in [0.25, 0.3) is 0 Å². The predicted octanol–water partition coefficient (Wildman–Crippen LogP) is 2.90. The van der Waals surface area contributed by atoms with Crippen molar-refractivity contribution in [2.45, 2.75) is 51.0 Å². The van der Waals surface area contributed by atoms with E-state index in [0.717, 1.165) is 31.9 Å². The molecule has 2 aliphatic rings. The van der Waals surface area contributed by atoms with Crippen molar-refractivity contribution in [1.29, 1.82) is 0 Å². The Kier molecular flexibility index (Phi) is 5.06.